The highest BCUT2D eigenvalue weighted by Gasteiger charge is 2.42. The molecular weight excluding hydrogens is 530 g/mol. The van der Waals surface area contributed by atoms with Crippen molar-refractivity contribution in [3.8, 4) is 0 Å². The van der Waals surface area contributed by atoms with Crippen LogP contribution in [0.4, 0.5) is 0 Å². The van der Waals surface area contributed by atoms with Gasteiger partial charge in [-0.05, 0) is 69.9 Å². The summed E-state index contributed by atoms with van der Waals surface area (Å²) in [7, 11) is 0.355. The number of carbonyl (C=O) groups is 3. The third kappa shape index (κ3) is 5.88. The van der Waals surface area contributed by atoms with Gasteiger partial charge in [0.25, 0.3) is 5.91 Å². The first kappa shape index (κ1) is 28.9. The Hall–Kier alpha value is -2.60. The number of ketones is 1. The third-order valence-corrected chi connectivity index (χ3v) is 10.9. The SMILES string of the molecule is CC(=O)N1CCN(S(=O)(=O)CCCN2C3CCC2CC(NC(=O)C2=Cc4ccccc4C(N(C)C)C2=O)C3)CC1. The van der Waals surface area contributed by atoms with E-state index >= 15 is 0 Å². The van der Waals surface area contributed by atoms with E-state index in [1.165, 1.54) is 11.2 Å². The summed E-state index contributed by atoms with van der Waals surface area (Å²) in [6.45, 7) is 3.84. The Kier molecular flexibility index (Phi) is 8.47. The molecule has 2 amide bonds. The second-order valence-electron chi connectivity index (χ2n) is 11.8. The maximum absolute atomic E-state index is 13.3. The second kappa shape index (κ2) is 11.7. The van der Waals surface area contributed by atoms with Crippen LogP contribution in [0.2, 0.25) is 0 Å². The van der Waals surface area contributed by atoms with Crippen molar-refractivity contribution in [2.24, 2.45) is 0 Å². The van der Waals surface area contributed by atoms with Crippen LogP contribution < -0.4 is 5.32 Å². The fraction of sp³-hybridized carbons (Fsp3) is 0.621. The third-order valence-electron chi connectivity index (χ3n) is 8.98. The first-order valence-electron chi connectivity index (χ1n) is 14.4. The zero-order valence-electron chi connectivity index (χ0n) is 23.7. The molecule has 5 rings (SSSR count). The molecule has 3 unspecified atom stereocenters. The zero-order valence-corrected chi connectivity index (χ0v) is 24.5. The number of carbonyl (C=O) groups excluding carboxylic acids is 3. The van der Waals surface area contributed by atoms with Crippen LogP contribution >= 0.6 is 0 Å². The summed E-state index contributed by atoms with van der Waals surface area (Å²) in [6.07, 6.45) is 5.96. The molecule has 3 heterocycles. The summed E-state index contributed by atoms with van der Waals surface area (Å²) >= 11 is 0. The van der Waals surface area contributed by atoms with Gasteiger partial charge in [0.2, 0.25) is 15.9 Å². The number of piperazine rings is 1. The van der Waals surface area contributed by atoms with Gasteiger partial charge in [0.1, 0.15) is 0 Å². The monoisotopic (exact) mass is 571 g/mol. The summed E-state index contributed by atoms with van der Waals surface area (Å²) in [5.41, 5.74) is 2.03. The van der Waals surface area contributed by atoms with Crippen molar-refractivity contribution in [3.63, 3.8) is 0 Å². The van der Waals surface area contributed by atoms with Crippen LogP contribution in [0.1, 0.15) is 56.2 Å². The Bertz CT molecular complexity index is 1270. The summed E-state index contributed by atoms with van der Waals surface area (Å²) in [6, 6.07) is 7.83. The molecule has 0 spiro atoms. The van der Waals surface area contributed by atoms with Crippen LogP contribution in [-0.2, 0) is 24.4 Å². The van der Waals surface area contributed by atoms with E-state index in [1.807, 2.05) is 43.3 Å². The molecule has 218 valence electrons. The van der Waals surface area contributed by atoms with E-state index in [4.69, 9.17) is 0 Å². The number of amides is 2. The fourth-order valence-corrected chi connectivity index (χ4v) is 8.43. The van der Waals surface area contributed by atoms with E-state index in [1.54, 1.807) is 11.0 Å². The molecule has 11 heteroatoms. The highest BCUT2D eigenvalue weighted by molar-refractivity contribution is 7.89. The van der Waals surface area contributed by atoms with Crippen LogP contribution in [0.5, 0.6) is 0 Å². The van der Waals surface area contributed by atoms with Gasteiger partial charge in [-0.1, -0.05) is 24.3 Å². The minimum atomic E-state index is -3.35. The number of hydrogen-bond donors (Lipinski definition) is 1. The molecule has 1 aromatic carbocycles. The lowest BCUT2D eigenvalue weighted by Gasteiger charge is -2.39. The number of likely N-dealkylation sites (N-methyl/N-ethyl adjacent to an activating group) is 1. The van der Waals surface area contributed by atoms with E-state index in [0.29, 0.717) is 51.2 Å². The topological polar surface area (TPSA) is 110 Å². The van der Waals surface area contributed by atoms with Gasteiger partial charge in [0, 0.05) is 51.2 Å². The van der Waals surface area contributed by atoms with Gasteiger partial charge in [0.05, 0.1) is 17.4 Å². The highest BCUT2D eigenvalue weighted by atomic mass is 32.2. The summed E-state index contributed by atoms with van der Waals surface area (Å²) in [4.78, 5) is 44.2. The van der Waals surface area contributed by atoms with Crippen molar-refractivity contribution in [1.29, 1.82) is 0 Å². The minimum absolute atomic E-state index is 0.00812. The largest absolute Gasteiger partial charge is 0.349 e. The average Bonchev–Trinajstić information content (AvgIpc) is 3.15. The second-order valence-corrected chi connectivity index (χ2v) is 13.8. The van der Waals surface area contributed by atoms with Crippen molar-refractivity contribution in [3.05, 3.63) is 41.0 Å². The van der Waals surface area contributed by atoms with Crippen LogP contribution in [0.15, 0.2) is 29.8 Å². The van der Waals surface area contributed by atoms with E-state index < -0.39 is 16.1 Å². The molecule has 10 nitrogen and oxygen atoms in total. The number of hydrogen-bond acceptors (Lipinski definition) is 7. The summed E-state index contributed by atoms with van der Waals surface area (Å²) < 4.78 is 27.3. The molecule has 0 saturated carbocycles. The molecule has 3 aliphatic heterocycles. The van der Waals surface area contributed by atoms with Crippen LogP contribution in [0, 0.1) is 0 Å². The number of benzene rings is 1. The molecule has 1 aliphatic carbocycles. The molecule has 2 bridgehead atoms. The Labute approximate surface area is 237 Å². The first-order valence-corrected chi connectivity index (χ1v) is 16.0. The van der Waals surface area contributed by atoms with E-state index in [2.05, 4.69) is 10.2 Å². The van der Waals surface area contributed by atoms with E-state index in [9.17, 15) is 22.8 Å². The molecule has 0 radical (unpaired) electrons. The Morgan fingerprint density at radius 1 is 1.02 bits per heavy atom. The fourth-order valence-electron chi connectivity index (χ4n) is 6.96. The van der Waals surface area contributed by atoms with Gasteiger partial charge in [0.15, 0.2) is 5.78 Å². The van der Waals surface area contributed by atoms with Crippen molar-refractivity contribution < 1.29 is 22.8 Å². The highest BCUT2D eigenvalue weighted by Crippen LogP contribution is 2.37. The summed E-state index contributed by atoms with van der Waals surface area (Å²) in [5, 5.41) is 3.16. The van der Waals surface area contributed by atoms with Crippen LogP contribution in [0.3, 0.4) is 0 Å². The maximum atomic E-state index is 13.3. The standard InChI is InChI=1S/C29H41N5O5S/c1-20(35)32-12-14-33(15-13-32)40(38,39)16-6-11-34-23-9-10-24(34)19-22(18-23)30-29(37)26-17-21-7-4-5-8-25(21)27(28(26)36)31(2)3/h4-5,7-8,17,22-24,27H,6,9-16,18-19H2,1-3H3,(H,30,37). The average molecular weight is 572 g/mol. The molecule has 3 atom stereocenters. The summed E-state index contributed by atoms with van der Waals surface area (Å²) in [5.74, 6) is -0.392. The number of sulfonamides is 1. The predicted molar refractivity (Wildman–Crippen MR) is 153 cm³/mol. The number of Topliss-reactive ketones (excluding diaryl/α,β-unsaturated/α-hetero) is 1. The quantitative estimate of drug-likeness (QED) is 0.468. The van der Waals surface area contributed by atoms with E-state index in [0.717, 1.165) is 36.8 Å². The number of rotatable bonds is 8. The molecule has 4 aliphatic rings. The van der Waals surface area contributed by atoms with Crippen LogP contribution in [-0.4, -0.2) is 116 Å². The van der Waals surface area contributed by atoms with Crippen molar-refractivity contribution >= 4 is 33.7 Å². The lowest BCUT2D eigenvalue weighted by Crippen LogP contribution is -2.52. The lowest BCUT2D eigenvalue weighted by atomic mass is 9.85. The predicted octanol–water partition coefficient (Wildman–Crippen LogP) is 1.25. The molecular formula is C29H41N5O5S. The van der Waals surface area contributed by atoms with Gasteiger partial charge in [-0.25, -0.2) is 8.42 Å². The number of fused-ring (bicyclic) bond motifs is 3. The van der Waals surface area contributed by atoms with E-state index in [-0.39, 0.29) is 35.0 Å². The lowest BCUT2D eigenvalue weighted by molar-refractivity contribution is -0.130. The van der Waals surface area contributed by atoms with Gasteiger partial charge in [-0.15, -0.1) is 0 Å². The molecule has 3 fully saturated rings. The Balaban J connectivity index is 1.14. The van der Waals surface area contributed by atoms with Crippen molar-refractivity contribution in [2.75, 3.05) is 52.6 Å². The Morgan fingerprint density at radius 2 is 1.68 bits per heavy atom. The normalized spacial score (nSPS) is 27.4. The zero-order chi connectivity index (χ0) is 28.6. The van der Waals surface area contributed by atoms with Gasteiger partial charge < -0.3 is 10.2 Å². The molecule has 1 N–H and O–H groups in total. The molecule has 3 saturated heterocycles. The van der Waals surface area contributed by atoms with Gasteiger partial charge in [-0.3, -0.25) is 24.2 Å². The van der Waals surface area contributed by atoms with Crippen molar-refractivity contribution in [1.82, 2.24) is 24.3 Å². The molecule has 0 aromatic heterocycles. The molecule has 1 aromatic rings. The first-order chi connectivity index (χ1) is 19.0. The maximum Gasteiger partial charge on any atom is 0.255 e. The van der Waals surface area contributed by atoms with Crippen LogP contribution in [0.25, 0.3) is 6.08 Å². The van der Waals surface area contributed by atoms with Gasteiger partial charge in [-0.2, -0.15) is 4.31 Å². The number of piperidine rings is 1. The smallest absolute Gasteiger partial charge is 0.255 e. The van der Waals surface area contributed by atoms with Crippen molar-refractivity contribution in [2.45, 2.75) is 63.2 Å². The Morgan fingerprint density at radius 3 is 2.30 bits per heavy atom. The number of nitrogens with one attached hydrogen (secondary N) is 1. The number of nitrogens with zero attached hydrogens (tertiary/aromatic N) is 4. The minimum Gasteiger partial charge on any atom is -0.349 e. The molecule has 40 heavy (non-hydrogen) atoms. The van der Waals surface area contributed by atoms with Gasteiger partial charge >= 0.3 is 0 Å².